The maximum atomic E-state index is 12.3. The topological polar surface area (TPSA) is 113 Å². The first-order valence-corrected chi connectivity index (χ1v) is 16.1. The lowest BCUT2D eigenvalue weighted by Crippen LogP contribution is -2.52. The highest BCUT2D eigenvalue weighted by atomic mass is 31.2. The second kappa shape index (κ2) is 11.5. The van der Waals surface area contributed by atoms with Crippen molar-refractivity contribution in [1.29, 1.82) is 0 Å². The largest absolute Gasteiger partial charge is 0.494 e. The fourth-order valence-corrected chi connectivity index (χ4v) is 6.22. The number of nitrogens with one attached hydrogen (secondary N) is 1. The third-order valence-corrected chi connectivity index (χ3v) is 9.33. The molecule has 0 amide bonds. The fraction of sp³-hybridized carbons (Fsp3) is 0.464. The number of ether oxygens (including phenoxy) is 1. The van der Waals surface area contributed by atoms with Gasteiger partial charge in [-0.1, -0.05) is 24.3 Å². The van der Waals surface area contributed by atoms with Crippen molar-refractivity contribution in [2.45, 2.75) is 18.9 Å². The van der Waals surface area contributed by atoms with Gasteiger partial charge in [0.15, 0.2) is 5.82 Å². The molecule has 11 heteroatoms. The lowest BCUT2D eigenvalue weighted by molar-refractivity contribution is 0.0982. The Labute approximate surface area is 230 Å². The van der Waals surface area contributed by atoms with Gasteiger partial charge in [-0.3, -0.25) is 4.90 Å². The van der Waals surface area contributed by atoms with Crippen LogP contribution in [0.1, 0.15) is 12.8 Å². The number of anilines is 4. The quantitative estimate of drug-likeness (QED) is 0.425. The van der Waals surface area contributed by atoms with Gasteiger partial charge in [0.1, 0.15) is 18.6 Å². The number of likely N-dealkylation sites (N-methyl/N-ethyl adjacent to an activating group) is 1. The third-order valence-electron chi connectivity index (χ3n) is 7.79. The number of benzene rings is 2. The molecule has 3 N–H and O–H groups in total. The Hall–Kier alpha value is -3.20. The van der Waals surface area contributed by atoms with Crippen molar-refractivity contribution < 1.29 is 9.30 Å². The molecule has 2 fully saturated rings. The molecule has 0 radical (unpaired) electrons. The molecule has 3 aromatic rings. The molecule has 208 valence electrons. The highest BCUT2D eigenvalue weighted by Gasteiger charge is 2.27. The number of piperazine rings is 1. The van der Waals surface area contributed by atoms with E-state index in [0.717, 1.165) is 48.4 Å². The van der Waals surface area contributed by atoms with Crippen LogP contribution in [0.5, 0.6) is 5.75 Å². The summed E-state index contributed by atoms with van der Waals surface area (Å²) >= 11 is 0. The molecule has 2 aliphatic heterocycles. The second-order valence-electron chi connectivity index (χ2n) is 10.8. The van der Waals surface area contributed by atoms with Crippen LogP contribution in [-0.2, 0) is 4.57 Å². The van der Waals surface area contributed by atoms with Crippen LogP contribution >= 0.6 is 7.14 Å². The molecule has 0 atom stereocenters. The number of rotatable bonds is 7. The monoisotopic (exact) mass is 550 g/mol. The molecule has 2 aromatic carbocycles. The van der Waals surface area contributed by atoms with E-state index in [1.54, 1.807) is 20.4 Å². The number of methoxy groups -OCH3 is 1. The minimum Gasteiger partial charge on any atom is -0.494 e. The summed E-state index contributed by atoms with van der Waals surface area (Å²) in [6.45, 7) is 10.2. The highest BCUT2D eigenvalue weighted by molar-refractivity contribution is 7.70. The summed E-state index contributed by atoms with van der Waals surface area (Å²) in [7, 11) is 1.54. The smallest absolute Gasteiger partial charge is 0.249 e. The summed E-state index contributed by atoms with van der Waals surface area (Å²) in [5, 5.41) is 12.6. The van der Waals surface area contributed by atoms with Gasteiger partial charge in [-0.25, -0.2) is 0 Å². The number of aromatic nitrogens is 3. The van der Waals surface area contributed by atoms with Crippen LogP contribution in [0.2, 0.25) is 0 Å². The van der Waals surface area contributed by atoms with E-state index in [0.29, 0.717) is 23.4 Å². The first-order chi connectivity index (χ1) is 18.7. The van der Waals surface area contributed by atoms with Gasteiger partial charge in [0.2, 0.25) is 5.95 Å². The summed E-state index contributed by atoms with van der Waals surface area (Å²) in [4.78, 5) is 11.9. The molecule has 0 saturated carbocycles. The van der Waals surface area contributed by atoms with E-state index in [1.165, 1.54) is 25.9 Å². The summed E-state index contributed by atoms with van der Waals surface area (Å²) in [5.41, 5.74) is 9.39. The Morgan fingerprint density at radius 1 is 0.974 bits per heavy atom. The van der Waals surface area contributed by atoms with Gasteiger partial charge in [-0.05, 0) is 45.4 Å². The maximum Gasteiger partial charge on any atom is 0.249 e. The third kappa shape index (κ3) is 6.35. The van der Waals surface area contributed by atoms with Crippen LogP contribution in [0.15, 0.2) is 42.5 Å². The number of hydrogen-bond donors (Lipinski definition) is 2. The van der Waals surface area contributed by atoms with Crippen LogP contribution in [-0.4, -0.2) is 97.8 Å². The van der Waals surface area contributed by atoms with Gasteiger partial charge in [0.25, 0.3) is 0 Å². The first-order valence-electron chi connectivity index (χ1n) is 13.5. The van der Waals surface area contributed by atoms with Crippen molar-refractivity contribution in [3.63, 3.8) is 0 Å². The van der Waals surface area contributed by atoms with Crippen molar-refractivity contribution in [1.82, 2.24) is 25.0 Å². The Kier molecular flexibility index (Phi) is 8.07. The van der Waals surface area contributed by atoms with E-state index in [-0.39, 0.29) is 5.82 Å². The lowest BCUT2D eigenvalue weighted by atomic mass is 10.0. The Bertz CT molecular complexity index is 1330. The van der Waals surface area contributed by atoms with Crippen molar-refractivity contribution >= 4 is 35.6 Å². The zero-order valence-corrected chi connectivity index (χ0v) is 24.2. The van der Waals surface area contributed by atoms with Gasteiger partial charge < -0.3 is 30.2 Å². The van der Waals surface area contributed by atoms with Gasteiger partial charge in [-0.2, -0.15) is 4.98 Å². The van der Waals surface area contributed by atoms with Crippen LogP contribution in [0, 0.1) is 0 Å². The van der Waals surface area contributed by atoms with Gasteiger partial charge in [0.05, 0.1) is 12.8 Å². The number of nitrogen functional groups attached to an aromatic ring is 1. The number of nitrogens with zero attached hydrogens (tertiary/aromatic N) is 6. The number of hydrogen-bond acceptors (Lipinski definition) is 10. The van der Waals surface area contributed by atoms with Crippen LogP contribution < -0.4 is 26.0 Å². The Morgan fingerprint density at radius 2 is 1.67 bits per heavy atom. The number of piperidine rings is 1. The summed E-state index contributed by atoms with van der Waals surface area (Å²) in [6, 6.07) is 14.2. The molecule has 0 spiro atoms. The van der Waals surface area contributed by atoms with E-state index >= 15 is 0 Å². The number of nitrogens with two attached hydrogens (primary N) is 1. The minimum absolute atomic E-state index is 0.259. The van der Waals surface area contributed by atoms with E-state index < -0.39 is 7.14 Å². The molecule has 0 bridgehead atoms. The summed E-state index contributed by atoms with van der Waals surface area (Å²) < 4.78 is 18.0. The Morgan fingerprint density at radius 3 is 2.28 bits per heavy atom. The molecule has 5 rings (SSSR count). The first kappa shape index (κ1) is 27.4. The molecule has 1 aromatic heterocycles. The predicted octanol–water partition coefficient (Wildman–Crippen LogP) is 3.34. The second-order valence-corrected chi connectivity index (χ2v) is 14.1. The van der Waals surface area contributed by atoms with Crippen LogP contribution in [0.3, 0.4) is 0 Å². The SMILES string of the molecule is COc1cc(N2CCC(N3CCN(C)CC3)CC2)ccc1Nc1nnc(-c2ccc(P(C)(C)=O)cc2)c(N)n1. The molecular formula is C28H39N8O2P. The summed E-state index contributed by atoms with van der Waals surface area (Å²) in [5.74, 6) is 1.26. The molecule has 3 heterocycles. The van der Waals surface area contributed by atoms with Crippen LogP contribution in [0.4, 0.5) is 23.1 Å². The summed E-state index contributed by atoms with van der Waals surface area (Å²) in [6.07, 6.45) is 2.35. The lowest BCUT2D eigenvalue weighted by Gasteiger charge is -2.42. The van der Waals surface area contributed by atoms with Crippen molar-refractivity contribution in [3.8, 4) is 17.0 Å². The van der Waals surface area contributed by atoms with Crippen molar-refractivity contribution in [2.24, 2.45) is 0 Å². The van der Waals surface area contributed by atoms with Gasteiger partial charge >= 0.3 is 0 Å². The highest BCUT2D eigenvalue weighted by Crippen LogP contribution is 2.36. The fourth-order valence-electron chi connectivity index (χ4n) is 5.35. The van der Waals surface area contributed by atoms with Crippen molar-refractivity contribution in [2.75, 3.05) is 82.7 Å². The molecule has 10 nitrogen and oxygen atoms in total. The molecule has 0 aliphatic carbocycles. The standard InChI is InChI=1S/C28H39N8O2P/c1-34-15-17-36(18-16-34)21-11-13-35(14-12-21)22-7-10-24(25(19-22)38-2)30-28-31-27(29)26(32-33-28)20-5-8-23(9-6-20)39(3,4)37/h5-10,19,21H,11-18H2,1-4H3,(H3,29,30,31,33). The van der Waals surface area contributed by atoms with Crippen LogP contribution in [0.25, 0.3) is 11.3 Å². The predicted molar refractivity (Wildman–Crippen MR) is 159 cm³/mol. The maximum absolute atomic E-state index is 12.3. The average Bonchev–Trinajstić information content (AvgIpc) is 2.93. The van der Waals surface area contributed by atoms with Crippen molar-refractivity contribution in [3.05, 3.63) is 42.5 Å². The molecule has 0 unspecified atom stereocenters. The van der Waals surface area contributed by atoms with E-state index in [4.69, 9.17) is 10.5 Å². The normalized spacial score (nSPS) is 17.8. The zero-order valence-electron chi connectivity index (χ0n) is 23.3. The molecule has 39 heavy (non-hydrogen) atoms. The Balaban J connectivity index is 1.24. The average molecular weight is 551 g/mol. The molecule has 2 saturated heterocycles. The van der Waals surface area contributed by atoms with E-state index in [2.05, 4.69) is 54.4 Å². The van der Waals surface area contributed by atoms with Gasteiger partial charge in [-0.15, -0.1) is 10.2 Å². The molecule has 2 aliphatic rings. The van der Waals surface area contributed by atoms with Gasteiger partial charge in [0, 0.05) is 67.9 Å². The zero-order chi connectivity index (χ0) is 27.6. The molecular weight excluding hydrogens is 511 g/mol. The van der Waals surface area contributed by atoms with E-state index in [1.807, 2.05) is 30.3 Å². The van der Waals surface area contributed by atoms with E-state index in [9.17, 15) is 4.57 Å². The minimum atomic E-state index is -2.33.